The second-order valence-corrected chi connectivity index (χ2v) is 5.36. The molecule has 0 radical (unpaired) electrons. The number of benzene rings is 1. The summed E-state index contributed by atoms with van der Waals surface area (Å²) in [6, 6.07) is 4.77. The van der Waals surface area contributed by atoms with Crippen molar-refractivity contribution in [2.75, 3.05) is 13.7 Å². The maximum atomic E-state index is 11.0. The van der Waals surface area contributed by atoms with Crippen molar-refractivity contribution in [2.24, 2.45) is 0 Å². The molecule has 1 fully saturated rings. The molecule has 5 atom stereocenters. The second kappa shape index (κ2) is 7.77. The quantitative estimate of drug-likeness (QED) is 0.432. The van der Waals surface area contributed by atoms with Gasteiger partial charge in [-0.1, -0.05) is 6.07 Å². The molecule has 0 spiro atoms. The molecule has 1 saturated heterocycles. The van der Waals surface area contributed by atoms with Crippen LogP contribution in [0.1, 0.15) is 5.56 Å². The summed E-state index contributed by atoms with van der Waals surface area (Å²) >= 11 is 0. The molecule has 0 saturated carbocycles. The van der Waals surface area contributed by atoms with Crippen molar-refractivity contribution in [1.29, 1.82) is 0 Å². The molecule has 9 heteroatoms. The first kappa shape index (κ1) is 18.4. The monoisotopic (exact) mass is 344 g/mol. The van der Waals surface area contributed by atoms with Gasteiger partial charge in [0.25, 0.3) is 0 Å². The van der Waals surface area contributed by atoms with Gasteiger partial charge < -0.3 is 39.7 Å². The van der Waals surface area contributed by atoms with E-state index < -0.39 is 36.7 Å². The third-order valence-corrected chi connectivity index (χ3v) is 3.73. The van der Waals surface area contributed by atoms with E-state index in [1.807, 2.05) is 0 Å². The molecule has 0 aliphatic carbocycles. The number of aliphatic hydroxyl groups excluding tert-OH is 3. The lowest BCUT2D eigenvalue weighted by Gasteiger charge is -2.38. The predicted octanol–water partition coefficient (Wildman–Crippen LogP) is -1.15. The first-order valence-electron chi connectivity index (χ1n) is 7.25. The second-order valence-electron chi connectivity index (χ2n) is 5.36. The van der Waals surface area contributed by atoms with E-state index >= 15 is 0 Å². The average Bonchev–Trinajstić information content (AvgIpc) is 2.54. The number of methoxy groups -OCH3 is 1. The lowest BCUT2D eigenvalue weighted by atomic mass is 9.99. The topological polar surface area (TPSA) is 146 Å². The molecule has 0 amide bonds. The molecule has 9 nitrogen and oxygen atoms in total. The third-order valence-electron chi connectivity index (χ3n) is 3.73. The van der Waals surface area contributed by atoms with E-state index in [9.17, 15) is 25.2 Å². The van der Waals surface area contributed by atoms with Gasteiger partial charge in [0.15, 0.2) is 23.9 Å². The minimum absolute atomic E-state index is 0.0304. The van der Waals surface area contributed by atoms with Crippen LogP contribution in [-0.2, 0) is 20.7 Å². The Balaban J connectivity index is 1.93. The van der Waals surface area contributed by atoms with Crippen molar-refractivity contribution < 1.29 is 44.5 Å². The smallest absolute Gasteiger partial charge is 0.335 e. The van der Waals surface area contributed by atoms with Crippen LogP contribution in [0.15, 0.2) is 18.2 Å². The number of aliphatic carboxylic acids is 1. The highest BCUT2D eigenvalue weighted by molar-refractivity contribution is 5.73. The van der Waals surface area contributed by atoms with E-state index in [0.29, 0.717) is 17.7 Å². The van der Waals surface area contributed by atoms with Gasteiger partial charge in [0.05, 0.1) is 13.7 Å². The minimum atomic E-state index is -1.75. The van der Waals surface area contributed by atoms with Crippen molar-refractivity contribution >= 4 is 5.97 Å². The van der Waals surface area contributed by atoms with E-state index in [2.05, 4.69) is 0 Å². The summed E-state index contributed by atoms with van der Waals surface area (Å²) < 4.78 is 15.2. The lowest BCUT2D eigenvalue weighted by molar-refractivity contribution is -0.293. The number of phenolic OH excluding ortho intramolecular Hbond substituents is 1. The number of aromatic hydroxyl groups is 1. The Labute approximate surface area is 137 Å². The zero-order valence-corrected chi connectivity index (χ0v) is 12.9. The van der Waals surface area contributed by atoms with E-state index in [1.54, 1.807) is 12.1 Å². The predicted molar refractivity (Wildman–Crippen MR) is 78.6 cm³/mol. The van der Waals surface area contributed by atoms with Crippen LogP contribution in [0.3, 0.4) is 0 Å². The molecular formula is C15H20O9. The van der Waals surface area contributed by atoms with Gasteiger partial charge in [-0.05, 0) is 24.1 Å². The summed E-state index contributed by atoms with van der Waals surface area (Å²) in [5, 5.41) is 47.7. The molecule has 1 aromatic rings. The number of carboxylic acids is 1. The summed E-state index contributed by atoms with van der Waals surface area (Å²) in [7, 11) is 1.43. The van der Waals surface area contributed by atoms with Gasteiger partial charge in [-0.15, -0.1) is 0 Å². The number of carboxylic acid groups (broad SMARTS) is 1. The van der Waals surface area contributed by atoms with Crippen LogP contribution in [0.4, 0.5) is 0 Å². The SMILES string of the molecule is COc1ccc(CCOC2O[C@H](C(=O)O)[C@@H](O)C(O)[C@H]2O)cc1O. The van der Waals surface area contributed by atoms with Crippen molar-refractivity contribution in [3.05, 3.63) is 23.8 Å². The van der Waals surface area contributed by atoms with E-state index in [-0.39, 0.29) is 12.4 Å². The first-order valence-corrected chi connectivity index (χ1v) is 7.25. The van der Waals surface area contributed by atoms with Crippen LogP contribution in [-0.4, -0.2) is 75.9 Å². The number of aliphatic hydroxyl groups is 3. The lowest BCUT2D eigenvalue weighted by Crippen LogP contribution is -2.60. The molecular weight excluding hydrogens is 324 g/mol. The molecule has 0 bridgehead atoms. The number of phenols is 1. The highest BCUT2D eigenvalue weighted by atomic mass is 16.7. The van der Waals surface area contributed by atoms with Crippen molar-refractivity contribution in [3.8, 4) is 11.5 Å². The highest BCUT2D eigenvalue weighted by Crippen LogP contribution is 2.27. The van der Waals surface area contributed by atoms with E-state index in [1.165, 1.54) is 13.2 Å². The Morgan fingerprint density at radius 3 is 2.50 bits per heavy atom. The van der Waals surface area contributed by atoms with Gasteiger partial charge in [0, 0.05) is 0 Å². The van der Waals surface area contributed by atoms with Crippen LogP contribution < -0.4 is 4.74 Å². The molecule has 5 N–H and O–H groups in total. The fourth-order valence-corrected chi connectivity index (χ4v) is 2.37. The molecule has 2 rings (SSSR count). The molecule has 24 heavy (non-hydrogen) atoms. The Hall–Kier alpha value is -1.91. The van der Waals surface area contributed by atoms with Gasteiger partial charge in [-0.3, -0.25) is 0 Å². The van der Waals surface area contributed by atoms with Crippen molar-refractivity contribution in [3.63, 3.8) is 0 Å². The van der Waals surface area contributed by atoms with Crippen LogP contribution in [0.25, 0.3) is 0 Å². The standard InChI is InChI=1S/C15H20O9/c1-22-9-3-2-7(6-8(9)16)4-5-23-15-12(19)10(17)11(18)13(24-15)14(20)21/h2-3,6,10-13,15-19H,4-5H2,1H3,(H,20,21)/t10?,11-,12+,13-,15?/m0/s1. The normalized spacial score (nSPS) is 30.1. The van der Waals surface area contributed by atoms with E-state index in [4.69, 9.17) is 19.3 Å². The fourth-order valence-electron chi connectivity index (χ4n) is 2.37. The Kier molecular flexibility index (Phi) is 5.97. The van der Waals surface area contributed by atoms with Gasteiger partial charge >= 0.3 is 5.97 Å². The fraction of sp³-hybridized carbons (Fsp3) is 0.533. The highest BCUT2D eigenvalue weighted by Gasteiger charge is 2.47. The number of carbonyl (C=O) groups is 1. The zero-order chi connectivity index (χ0) is 17.9. The summed E-state index contributed by atoms with van der Waals surface area (Å²) in [5.41, 5.74) is 0.717. The number of ether oxygens (including phenoxy) is 3. The number of rotatable bonds is 6. The van der Waals surface area contributed by atoms with Gasteiger partial charge in [-0.25, -0.2) is 4.79 Å². The minimum Gasteiger partial charge on any atom is -0.504 e. The average molecular weight is 344 g/mol. The molecule has 1 aliphatic heterocycles. The van der Waals surface area contributed by atoms with Crippen LogP contribution in [0, 0.1) is 0 Å². The van der Waals surface area contributed by atoms with Gasteiger partial charge in [0.1, 0.15) is 18.3 Å². The van der Waals surface area contributed by atoms with Crippen LogP contribution >= 0.6 is 0 Å². The largest absolute Gasteiger partial charge is 0.504 e. The Bertz CT molecular complexity index is 576. The zero-order valence-electron chi connectivity index (χ0n) is 12.9. The molecule has 0 aromatic heterocycles. The summed E-state index contributed by atoms with van der Waals surface area (Å²) in [6.45, 7) is 0.0304. The molecule has 1 aliphatic rings. The molecule has 1 aromatic carbocycles. The summed E-state index contributed by atoms with van der Waals surface area (Å²) in [6.07, 6.45) is -7.79. The summed E-state index contributed by atoms with van der Waals surface area (Å²) in [4.78, 5) is 11.0. The Morgan fingerprint density at radius 2 is 1.92 bits per heavy atom. The maximum Gasteiger partial charge on any atom is 0.335 e. The molecule has 1 heterocycles. The number of hydrogen-bond donors (Lipinski definition) is 5. The third kappa shape index (κ3) is 3.94. The summed E-state index contributed by atoms with van der Waals surface area (Å²) in [5.74, 6) is -1.18. The van der Waals surface area contributed by atoms with Crippen LogP contribution in [0.2, 0.25) is 0 Å². The van der Waals surface area contributed by atoms with E-state index in [0.717, 1.165) is 0 Å². The van der Waals surface area contributed by atoms with Crippen molar-refractivity contribution in [2.45, 2.75) is 37.1 Å². The van der Waals surface area contributed by atoms with Gasteiger partial charge in [0.2, 0.25) is 0 Å². The molecule has 134 valence electrons. The Morgan fingerprint density at radius 1 is 1.21 bits per heavy atom. The maximum absolute atomic E-state index is 11.0. The van der Waals surface area contributed by atoms with Gasteiger partial charge in [-0.2, -0.15) is 0 Å². The first-order chi connectivity index (χ1) is 11.3. The molecule has 2 unspecified atom stereocenters. The van der Waals surface area contributed by atoms with Crippen molar-refractivity contribution in [1.82, 2.24) is 0 Å². The number of hydrogen-bond acceptors (Lipinski definition) is 8. The van der Waals surface area contributed by atoms with Crippen LogP contribution in [0.5, 0.6) is 11.5 Å².